The Hall–Kier alpha value is -3.88. The molecule has 0 bridgehead atoms. The highest BCUT2D eigenvalue weighted by Crippen LogP contribution is 2.43. The molecule has 186 valence electrons. The lowest BCUT2D eigenvalue weighted by Gasteiger charge is -2.35. The molecule has 1 aromatic carbocycles. The molecule has 1 N–H and O–H groups in total. The molecular formula is C27H28N4O5. The van der Waals surface area contributed by atoms with Crippen molar-refractivity contribution in [3.05, 3.63) is 48.2 Å². The van der Waals surface area contributed by atoms with Crippen molar-refractivity contribution in [3.8, 4) is 11.6 Å². The minimum absolute atomic E-state index is 0.00443. The average molecular weight is 489 g/mol. The van der Waals surface area contributed by atoms with Crippen molar-refractivity contribution in [2.75, 3.05) is 30.5 Å². The van der Waals surface area contributed by atoms with E-state index < -0.39 is 5.60 Å². The van der Waals surface area contributed by atoms with Crippen molar-refractivity contribution in [1.29, 1.82) is 0 Å². The third-order valence-corrected chi connectivity index (χ3v) is 7.57. The van der Waals surface area contributed by atoms with Gasteiger partial charge >= 0.3 is 6.09 Å². The molecule has 2 aliphatic heterocycles. The van der Waals surface area contributed by atoms with Gasteiger partial charge in [0.25, 0.3) is 5.91 Å². The number of hydrogen-bond donors (Lipinski definition) is 1. The number of benzene rings is 1. The van der Waals surface area contributed by atoms with Gasteiger partial charge in [0.15, 0.2) is 6.61 Å². The first kappa shape index (κ1) is 22.6. The van der Waals surface area contributed by atoms with E-state index >= 15 is 0 Å². The highest BCUT2D eigenvalue weighted by atomic mass is 16.6. The minimum atomic E-state index is -0.457. The SMILES string of the molecule is COc1ccc2nccc(CC[C@H]3CC[C@@]4(CC3)CN(c3ccc5c(c3)NC(=O)CO5)C(=O)O4)c2n1. The summed E-state index contributed by atoms with van der Waals surface area (Å²) in [6.07, 6.45) is 7.18. The van der Waals surface area contributed by atoms with Gasteiger partial charge in [-0.05, 0) is 80.3 Å². The molecule has 1 spiro atoms. The van der Waals surface area contributed by atoms with E-state index in [0.717, 1.165) is 49.6 Å². The Bertz CT molecular complexity index is 1330. The quantitative estimate of drug-likeness (QED) is 0.565. The summed E-state index contributed by atoms with van der Waals surface area (Å²) in [6.45, 7) is 0.523. The van der Waals surface area contributed by atoms with E-state index in [4.69, 9.17) is 14.2 Å². The molecule has 2 aromatic heterocycles. The number of nitrogens with one attached hydrogen (secondary N) is 1. The Balaban J connectivity index is 1.09. The van der Waals surface area contributed by atoms with Crippen molar-refractivity contribution >= 4 is 34.4 Å². The number of amides is 2. The van der Waals surface area contributed by atoms with Crippen molar-refractivity contribution in [2.24, 2.45) is 5.92 Å². The number of carbonyl (C=O) groups is 2. The highest BCUT2D eigenvalue weighted by Gasteiger charge is 2.47. The Labute approximate surface area is 208 Å². The van der Waals surface area contributed by atoms with Crippen LogP contribution in [0.2, 0.25) is 0 Å². The lowest BCUT2D eigenvalue weighted by Crippen LogP contribution is -2.38. The van der Waals surface area contributed by atoms with Gasteiger partial charge in [0, 0.05) is 18.0 Å². The van der Waals surface area contributed by atoms with Gasteiger partial charge in [-0.15, -0.1) is 0 Å². The van der Waals surface area contributed by atoms with E-state index in [1.54, 1.807) is 24.1 Å². The molecule has 1 saturated heterocycles. The summed E-state index contributed by atoms with van der Waals surface area (Å²) in [6, 6.07) is 11.2. The number of hydrogen-bond acceptors (Lipinski definition) is 7. The first-order valence-electron chi connectivity index (χ1n) is 12.4. The van der Waals surface area contributed by atoms with Crippen LogP contribution in [-0.2, 0) is 16.0 Å². The number of fused-ring (bicyclic) bond motifs is 2. The molecule has 2 amide bonds. The Kier molecular flexibility index (Phi) is 5.62. The van der Waals surface area contributed by atoms with Gasteiger partial charge in [-0.3, -0.25) is 14.7 Å². The predicted molar refractivity (Wildman–Crippen MR) is 133 cm³/mol. The second kappa shape index (κ2) is 8.96. The number of rotatable bonds is 5. The average Bonchev–Trinajstić information content (AvgIpc) is 3.23. The Morgan fingerprint density at radius 3 is 2.86 bits per heavy atom. The van der Waals surface area contributed by atoms with Gasteiger partial charge in [-0.25, -0.2) is 9.78 Å². The molecule has 2 fully saturated rings. The number of aryl methyl sites for hydroxylation is 1. The van der Waals surface area contributed by atoms with Crippen LogP contribution in [0.25, 0.3) is 11.0 Å². The minimum Gasteiger partial charge on any atom is -0.482 e. The van der Waals surface area contributed by atoms with Gasteiger partial charge in [0.05, 0.1) is 30.4 Å². The summed E-state index contributed by atoms with van der Waals surface area (Å²) >= 11 is 0. The van der Waals surface area contributed by atoms with Crippen LogP contribution in [-0.4, -0.2) is 47.8 Å². The van der Waals surface area contributed by atoms with Crippen molar-refractivity contribution in [1.82, 2.24) is 9.97 Å². The summed E-state index contributed by atoms with van der Waals surface area (Å²) in [5.41, 5.74) is 3.79. The van der Waals surface area contributed by atoms with E-state index in [1.165, 1.54) is 5.56 Å². The van der Waals surface area contributed by atoms with Crippen molar-refractivity contribution in [3.63, 3.8) is 0 Å². The molecule has 0 unspecified atom stereocenters. The maximum Gasteiger partial charge on any atom is 0.415 e. The fourth-order valence-corrected chi connectivity index (χ4v) is 5.55. The van der Waals surface area contributed by atoms with E-state index in [1.807, 2.05) is 30.5 Å². The van der Waals surface area contributed by atoms with Crippen LogP contribution in [0.4, 0.5) is 16.2 Å². The van der Waals surface area contributed by atoms with Crippen LogP contribution in [0, 0.1) is 5.92 Å². The van der Waals surface area contributed by atoms with E-state index in [-0.39, 0.29) is 18.6 Å². The molecule has 4 heterocycles. The number of anilines is 2. The Morgan fingerprint density at radius 2 is 2.03 bits per heavy atom. The number of ether oxygens (including phenoxy) is 3. The van der Waals surface area contributed by atoms with Crippen LogP contribution in [0.15, 0.2) is 42.6 Å². The standard InChI is InChI=1S/C27H28N4O5/c1-34-24-7-5-20-25(30-24)18(10-13-28-20)3-2-17-8-11-27(12-9-17)16-31(26(33)36-27)19-4-6-22-21(14-19)29-23(32)15-35-22/h4-7,10,13-14,17H,2-3,8-9,11-12,15-16H2,1H3,(H,29,32)/t17-,27+. The largest absolute Gasteiger partial charge is 0.482 e. The summed E-state index contributed by atoms with van der Waals surface area (Å²) in [5, 5.41) is 2.80. The normalized spacial score (nSPS) is 23.2. The number of carbonyl (C=O) groups excluding carboxylic acids is 2. The van der Waals surface area contributed by atoms with E-state index in [9.17, 15) is 9.59 Å². The number of methoxy groups -OCH3 is 1. The smallest absolute Gasteiger partial charge is 0.415 e. The summed E-state index contributed by atoms with van der Waals surface area (Å²) in [4.78, 5) is 35.2. The maximum absolute atomic E-state index is 12.8. The number of nitrogens with zero attached hydrogens (tertiary/aromatic N) is 3. The third kappa shape index (κ3) is 4.19. The molecule has 36 heavy (non-hydrogen) atoms. The summed E-state index contributed by atoms with van der Waals surface area (Å²) in [5.74, 6) is 1.57. The highest BCUT2D eigenvalue weighted by molar-refractivity contribution is 5.97. The summed E-state index contributed by atoms with van der Waals surface area (Å²) in [7, 11) is 1.62. The van der Waals surface area contributed by atoms with Gasteiger partial charge < -0.3 is 19.5 Å². The molecule has 6 rings (SSSR count). The molecule has 0 radical (unpaired) electrons. The molecule has 1 saturated carbocycles. The molecule has 0 atom stereocenters. The van der Waals surface area contributed by atoms with Crippen LogP contribution in [0.3, 0.4) is 0 Å². The zero-order valence-electron chi connectivity index (χ0n) is 20.2. The van der Waals surface area contributed by atoms with Crippen LogP contribution in [0.1, 0.15) is 37.7 Å². The second-order valence-corrected chi connectivity index (χ2v) is 9.83. The van der Waals surface area contributed by atoms with Crippen LogP contribution in [0.5, 0.6) is 11.6 Å². The van der Waals surface area contributed by atoms with Crippen LogP contribution < -0.4 is 19.7 Å². The molecular weight excluding hydrogens is 460 g/mol. The third-order valence-electron chi connectivity index (χ3n) is 7.57. The molecule has 3 aromatic rings. The van der Waals surface area contributed by atoms with Gasteiger partial charge in [-0.2, -0.15) is 0 Å². The van der Waals surface area contributed by atoms with Gasteiger partial charge in [0.1, 0.15) is 11.4 Å². The van der Waals surface area contributed by atoms with Crippen molar-refractivity contribution in [2.45, 2.75) is 44.1 Å². The van der Waals surface area contributed by atoms with E-state index in [0.29, 0.717) is 35.5 Å². The first-order chi connectivity index (χ1) is 17.5. The number of pyridine rings is 2. The van der Waals surface area contributed by atoms with Gasteiger partial charge in [-0.1, -0.05) is 0 Å². The topological polar surface area (TPSA) is 103 Å². The summed E-state index contributed by atoms with van der Waals surface area (Å²) < 4.78 is 16.7. The zero-order chi connectivity index (χ0) is 24.7. The van der Waals surface area contributed by atoms with Crippen LogP contribution >= 0.6 is 0 Å². The second-order valence-electron chi connectivity index (χ2n) is 9.83. The Morgan fingerprint density at radius 1 is 1.17 bits per heavy atom. The lowest BCUT2D eigenvalue weighted by molar-refractivity contribution is -0.118. The molecule has 3 aliphatic rings. The molecule has 9 heteroatoms. The zero-order valence-corrected chi connectivity index (χ0v) is 20.2. The monoisotopic (exact) mass is 488 g/mol. The lowest BCUT2D eigenvalue weighted by atomic mass is 9.76. The maximum atomic E-state index is 12.8. The predicted octanol–water partition coefficient (Wildman–Crippen LogP) is 4.49. The van der Waals surface area contributed by atoms with E-state index in [2.05, 4.69) is 15.3 Å². The fraction of sp³-hybridized carbons (Fsp3) is 0.407. The molecule has 9 nitrogen and oxygen atoms in total. The number of aromatic nitrogens is 2. The molecule has 1 aliphatic carbocycles. The fourth-order valence-electron chi connectivity index (χ4n) is 5.55. The van der Waals surface area contributed by atoms with Gasteiger partial charge in [0.2, 0.25) is 5.88 Å². The van der Waals surface area contributed by atoms with Crippen molar-refractivity contribution < 1.29 is 23.8 Å². The first-order valence-corrected chi connectivity index (χ1v) is 12.4.